The van der Waals surface area contributed by atoms with Crippen molar-refractivity contribution in [2.24, 2.45) is 0 Å². The summed E-state index contributed by atoms with van der Waals surface area (Å²) in [4.78, 5) is 24.4. The molecule has 0 spiro atoms. The molecule has 8 nitrogen and oxygen atoms in total. The number of nitrogens with zero attached hydrogens (tertiary/aromatic N) is 2. The minimum atomic E-state index is -0.566. The smallest absolute Gasteiger partial charge is 0.290 e. The van der Waals surface area contributed by atoms with E-state index < -0.39 is 11.5 Å². The number of anilines is 2. The molecule has 26 heavy (non-hydrogen) atoms. The molecule has 0 atom stereocenters. The highest BCUT2D eigenvalue weighted by Gasteiger charge is 2.13. The van der Waals surface area contributed by atoms with Crippen LogP contribution in [-0.4, -0.2) is 22.8 Å². The lowest BCUT2D eigenvalue weighted by Crippen LogP contribution is -2.31. The molecule has 0 bridgehead atoms. The fourth-order valence-electron chi connectivity index (χ4n) is 2.29. The summed E-state index contributed by atoms with van der Waals surface area (Å²) >= 11 is 6.03. The summed E-state index contributed by atoms with van der Waals surface area (Å²) in [7, 11) is 1.49. The predicted octanol–water partition coefficient (Wildman–Crippen LogP) is 2.39. The Morgan fingerprint density at radius 1 is 1.38 bits per heavy atom. The second-order valence-corrected chi connectivity index (χ2v) is 5.73. The van der Waals surface area contributed by atoms with Crippen molar-refractivity contribution in [1.82, 2.24) is 9.78 Å². The molecule has 134 valence electrons. The summed E-state index contributed by atoms with van der Waals surface area (Å²) in [6, 6.07) is 9.56. The number of carbonyl (C=O) groups excluding carboxylic acids is 1. The van der Waals surface area contributed by atoms with Gasteiger partial charge in [0, 0.05) is 5.69 Å². The molecule has 0 unspecified atom stereocenters. The Hall–Kier alpha value is -3.26. The van der Waals surface area contributed by atoms with Crippen molar-refractivity contribution in [1.29, 1.82) is 0 Å². The van der Waals surface area contributed by atoms with Crippen molar-refractivity contribution in [3.05, 3.63) is 58.0 Å². The second kappa shape index (κ2) is 7.32. The van der Waals surface area contributed by atoms with Gasteiger partial charge in [0.15, 0.2) is 5.76 Å². The number of hydrogen-bond acceptors (Lipinski definition) is 6. The summed E-state index contributed by atoms with van der Waals surface area (Å²) in [5.41, 5.74) is 5.94. The summed E-state index contributed by atoms with van der Waals surface area (Å²) in [6.45, 7) is -0.318. The molecule has 3 N–H and O–H groups in total. The molecule has 0 fully saturated rings. The van der Waals surface area contributed by atoms with Crippen LogP contribution in [-0.2, 0) is 11.3 Å². The Morgan fingerprint density at radius 3 is 2.85 bits per heavy atom. The first-order valence-corrected chi connectivity index (χ1v) is 7.90. The van der Waals surface area contributed by atoms with Gasteiger partial charge in [-0.05, 0) is 36.4 Å². The summed E-state index contributed by atoms with van der Waals surface area (Å²) in [6.07, 6.45) is 1.47. The molecule has 1 aromatic carbocycles. The third-order valence-corrected chi connectivity index (χ3v) is 3.80. The van der Waals surface area contributed by atoms with Gasteiger partial charge in [-0.3, -0.25) is 9.59 Å². The van der Waals surface area contributed by atoms with Crippen molar-refractivity contribution in [3.63, 3.8) is 0 Å². The molecule has 0 radical (unpaired) electrons. The summed E-state index contributed by atoms with van der Waals surface area (Å²) in [5.74, 6) is 0.464. The lowest BCUT2D eigenvalue weighted by Gasteiger charge is -2.10. The van der Waals surface area contributed by atoms with Gasteiger partial charge in [0.1, 0.15) is 23.7 Å². The van der Waals surface area contributed by atoms with Gasteiger partial charge in [-0.1, -0.05) is 11.6 Å². The number of nitrogens with two attached hydrogens (primary N) is 1. The van der Waals surface area contributed by atoms with Gasteiger partial charge in [0.05, 0.1) is 18.4 Å². The zero-order valence-corrected chi connectivity index (χ0v) is 14.5. The van der Waals surface area contributed by atoms with Crippen LogP contribution < -0.4 is 21.3 Å². The van der Waals surface area contributed by atoms with Crippen LogP contribution >= 0.6 is 11.6 Å². The number of ether oxygens (including phenoxy) is 1. The third kappa shape index (κ3) is 3.70. The molecule has 2 heterocycles. The first-order valence-electron chi connectivity index (χ1n) is 7.53. The minimum absolute atomic E-state index is 0.0355. The molecule has 9 heteroatoms. The molecule has 3 rings (SSSR count). The zero-order chi connectivity index (χ0) is 18.7. The number of nitrogen functional groups attached to an aromatic ring is 1. The number of nitrogens with one attached hydrogen (secondary N) is 1. The number of amides is 1. The van der Waals surface area contributed by atoms with Crippen LogP contribution in [0.5, 0.6) is 5.75 Å². The van der Waals surface area contributed by atoms with Crippen molar-refractivity contribution in [3.8, 4) is 17.2 Å². The van der Waals surface area contributed by atoms with Crippen LogP contribution in [0.1, 0.15) is 0 Å². The highest BCUT2D eigenvalue weighted by Crippen LogP contribution is 2.27. The molecular formula is C17H15ClN4O4. The molecule has 3 aromatic rings. The topological polar surface area (TPSA) is 112 Å². The Balaban J connectivity index is 1.81. The normalized spacial score (nSPS) is 10.5. The molecule has 2 aromatic heterocycles. The summed E-state index contributed by atoms with van der Waals surface area (Å²) in [5, 5.41) is 7.12. The standard InChI is InChI=1S/C17H15ClN4O4/c1-25-14-5-4-10(7-11(14)18)20-16(23)9-22-17(24)12(19)8-13(21-22)15-3-2-6-26-15/h2-8H,9,19H2,1H3,(H,20,23). The van der Waals surface area contributed by atoms with Crippen molar-refractivity contribution in [2.45, 2.75) is 6.54 Å². The number of furan rings is 1. The van der Waals surface area contributed by atoms with E-state index in [0.29, 0.717) is 27.9 Å². The largest absolute Gasteiger partial charge is 0.495 e. The molecule has 0 saturated heterocycles. The lowest BCUT2D eigenvalue weighted by molar-refractivity contribution is -0.117. The fourth-order valence-corrected chi connectivity index (χ4v) is 2.55. The monoisotopic (exact) mass is 374 g/mol. The maximum absolute atomic E-state index is 12.3. The minimum Gasteiger partial charge on any atom is -0.495 e. The van der Waals surface area contributed by atoms with Gasteiger partial charge in [0.2, 0.25) is 5.91 Å². The maximum atomic E-state index is 12.3. The van der Waals surface area contributed by atoms with Gasteiger partial charge in [-0.15, -0.1) is 0 Å². The van der Waals surface area contributed by atoms with Crippen LogP contribution in [0.2, 0.25) is 5.02 Å². The Labute approximate surface area is 153 Å². The number of aromatic nitrogens is 2. The SMILES string of the molecule is COc1ccc(NC(=O)Cn2nc(-c3ccco3)cc(N)c2=O)cc1Cl. The highest BCUT2D eigenvalue weighted by atomic mass is 35.5. The number of rotatable bonds is 5. The van der Waals surface area contributed by atoms with Crippen LogP contribution in [0.4, 0.5) is 11.4 Å². The highest BCUT2D eigenvalue weighted by molar-refractivity contribution is 6.32. The van der Waals surface area contributed by atoms with Crippen molar-refractivity contribution < 1.29 is 13.9 Å². The van der Waals surface area contributed by atoms with E-state index in [2.05, 4.69) is 10.4 Å². The van der Waals surface area contributed by atoms with Gasteiger partial charge < -0.3 is 20.2 Å². The quantitative estimate of drug-likeness (QED) is 0.709. The number of halogens is 1. The Bertz CT molecular complexity index is 998. The van der Waals surface area contributed by atoms with Crippen molar-refractivity contribution in [2.75, 3.05) is 18.2 Å². The number of carbonyl (C=O) groups is 1. The number of methoxy groups -OCH3 is 1. The molecular weight excluding hydrogens is 360 g/mol. The molecule has 1 amide bonds. The molecule has 0 saturated carbocycles. The van der Waals surface area contributed by atoms with Crippen LogP contribution in [0.25, 0.3) is 11.5 Å². The van der Waals surface area contributed by atoms with Gasteiger partial charge in [0.25, 0.3) is 5.56 Å². The Morgan fingerprint density at radius 2 is 2.19 bits per heavy atom. The van der Waals surface area contributed by atoms with E-state index in [1.165, 1.54) is 19.4 Å². The van der Waals surface area contributed by atoms with Gasteiger partial charge >= 0.3 is 0 Å². The van der Waals surface area contributed by atoms with Gasteiger partial charge in [-0.2, -0.15) is 5.10 Å². The van der Waals surface area contributed by atoms with Crippen LogP contribution in [0.3, 0.4) is 0 Å². The maximum Gasteiger partial charge on any atom is 0.290 e. The predicted molar refractivity (Wildman–Crippen MR) is 97.2 cm³/mol. The third-order valence-electron chi connectivity index (χ3n) is 3.50. The first kappa shape index (κ1) is 17.6. The average molecular weight is 375 g/mol. The van der Waals surface area contributed by atoms with E-state index in [1.54, 1.807) is 30.3 Å². The van der Waals surface area contributed by atoms with E-state index in [1.807, 2.05) is 0 Å². The van der Waals surface area contributed by atoms with Gasteiger partial charge in [-0.25, -0.2) is 4.68 Å². The van der Waals surface area contributed by atoms with E-state index >= 15 is 0 Å². The molecule has 0 aliphatic carbocycles. The van der Waals surface area contributed by atoms with E-state index in [0.717, 1.165) is 4.68 Å². The van der Waals surface area contributed by atoms with E-state index in [-0.39, 0.29) is 12.2 Å². The van der Waals surface area contributed by atoms with Crippen LogP contribution in [0.15, 0.2) is 51.9 Å². The second-order valence-electron chi connectivity index (χ2n) is 5.32. The van der Waals surface area contributed by atoms with Crippen molar-refractivity contribution >= 4 is 28.9 Å². The van der Waals surface area contributed by atoms with E-state index in [4.69, 9.17) is 26.5 Å². The number of benzene rings is 1. The zero-order valence-electron chi connectivity index (χ0n) is 13.7. The van der Waals surface area contributed by atoms with Crippen LogP contribution in [0, 0.1) is 0 Å². The van der Waals surface area contributed by atoms with E-state index in [9.17, 15) is 9.59 Å². The average Bonchev–Trinajstić information content (AvgIpc) is 3.13. The first-order chi connectivity index (χ1) is 12.5. The lowest BCUT2D eigenvalue weighted by atomic mass is 10.3. The Kier molecular flexibility index (Phi) is 4.94. The molecule has 0 aliphatic rings. The fraction of sp³-hybridized carbons (Fsp3) is 0.118. The summed E-state index contributed by atoms with van der Waals surface area (Å²) < 4.78 is 11.3. The number of hydrogen-bond donors (Lipinski definition) is 2. The molecule has 0 aliphatic heterocycles.